The lowest BCUT2D eigenvalue weighted by Gasteiger charge is -2.20. The molecule has 0 unspecified atom stereocenters. The number of benzene rings is 1. The number of urea groups is 1. The van der Waals surface area contributed by atoms with Crippen molar-refractivity contribution in [3.8, 4) is 11.5 Å². The lowest BCUT2D eigenvalue weighted by Crippen LogP contribution is -2.42. The van der Waals surface area contributed by atoms with E-state index >= 15 is 0 Å². The summed E-state index contributed by atoms with van der Waals surface area (Å²) in [6.45, 7) is 3.73. The minimum Gasteiger partial charge on any atom is -0.497 e. The second kappa shape index (κ2) is 10.5. The van der Waals surface area contributed by atoms with Crippen molar-refractivity contribution in [2.24, 2.45) is 11.8 Å². The molecule has 0 radical (unpaired) electrons. The van der Waals surface area contributed by atoms with Gasteiger partial charge in [0.2, 0.25) is 5.91 Å². The van der Waals surface area contributed by atoms with Crippen LogP contribution in [0.25, 0.3) is 0 Å². The third kappa shape index (κ3) is 6.10. The van der Waals surface area contributed by atoms with E-state index in [-0.39, 0.29) is 24.8 Å². The van der Waals surface area contributed by atoms with Crippen LogP contribution in [0, 0.1) is 11.8 Å². The first-order valence-electron chi connectivity index (χ1n) is 9.51. The van der Waals surface area contributed by atoms with Crippen LogP contribution >= 0.6 is 0 Å². The van der Waals surface area contributed by atoms with Gasteiger partial charge >= 0.3 is 12.0 Å². The van der Waals surface area contributed by atoms with Crippen molar-refractivity contribution in [1.29, 1.82) is 0 Å². The van der Waals surface area contributed by atoms with Crippen LogP contribution in [0.3, 0.4) is 0 Å². The number of esters is 1. The molecule has 2 rings (SSSR count). The van der Waals surface area contributed by atoms with Gasteiger partial charge in [-0.1, -0.05) is 13.8 Å². The fraction of sp³-hybridized carbons (Fsp3) is 0.500. The molecule has 4 amide bonds. The molecule has 1 aliphatic heterocycles. The van der Waals surface area contributed by atoms with Gasteiger partial charge < -0.3 is 24.4 Å². The predicted octanol–water partition coefficient (Wildman–Crippen LogP) is 1.08. The standard InChI is InChI=1S/C20H27N3O7/c1-12(2)9-21-20(27)22-17(24)11-30-19(26)13-7-18(25)23(10-13)15-6-5-14(28-3)8-16(15)29-4/h5-6,8,12-13H,7,9-11H2,1-4H3,(H2,21,22,24,27)/t13-/m0/s1. The summed E-state index contributed by atoms with van der Waals surface area (Å²) in [7, 11) is 2.99. The average molecular weight is 421 g/mol. The Labute approximate surface area is 174 Å². The van der Waals surface area contributed by atoms with Crippen LogP contribution in [0.5, 0.6) is 11.5 Å². The van der Waals surface area contributed by atoms with Crippen LogP contribution in [0.15, 0.2) is 18.2 Å². The molecular weight excluding hydrogens is 394 g/mol. The molecule has 2 N–H and O–H groups in total. The molecule has 1 atom stereocenters. The second-order valence-corrected chi connectivity index (χ2v) is 7.20. The molecule has 1 saturated heterocycles. The third-order valence-electron chi connectivity index (χ3n) is 4.41. The molecule has 164 valence electrons. The van der Waals surface area contributed by atoms with Crippen molar-refractivity contribution >= 4 is 29.5 Å². The molecule has 1 aromatic rings. The first-order chi connectivity index (χ1) is 14.2. The maximum atomic E-state index is 12.4. The normalized spacial score (nSPS) is 15.7. The number of carbonyl (C=O) groups excluding carboxylic acids is 4. The molecule has 1 heterocycles. The topological polar surface area (TPSA) is 123 Å². The number of imide groups is 1. The molecule has 0 bridgehead atoms. The number of hydrogen-bond acceptors (Lipinski definition) is 7. The molecule has 1 aromatic carbocycles. The highest BCUT2D eigenvalue weighted by atomic mass is 16.5. The van der Waals surface area contributed by atoms with E-state index in [0.717, 1.165) is 0 Å². The Morgan fingerprint density at radius 2 is 1.93 bits per heavy atom. The largest absolute Gasteiger partial charge is 0.497 e. The Balaban J connectivity index is 1.89. The summed E-state index contributed by atoms with van der Waals surface area (Å²) in [4.78, 5) is 49.5. The van der Waals surface area contributed by atoms with E-state index in [4.69, 9.17) is 14.2 Å². The average Bonchev–Trinajstić information content (AvgIpc) is 3.11. The summed E-state index contributed by atoms with van der Waals surface area (Å²) in [6, 6.07) is 4.35. The third-order valence-corrected chi connectivity index (χ3v) is 4.41. The number of ether oxygens (including phenoxy) is 3. The number of amides is 4. The van der Waals surface area contributed by atoms with E-state index in [1.54, 1.807) is 18.2 Å². The van der Waals surface area contributed by atoms with Crippen LogP contribution in [-0.2, 0) is 19.1 Å². The van der Waals surface area contributed by atoms with Crippen molar-refractivity contribution in [3.63, 3.8) is 0 Å². The number of hydrogen-bond donors (Lipinski definition) is 2. The maximum absolute atomic E-state index is 12.4. The van der Waals surface area contributed by atoms with E-state index in [1.165, 1.54) is 19.1 Å². The summed E-state index contributed by atoms with van der Waals surface area (Å²) in [5.41, 5.74) is 0.512. The van der Waals surface area contributed by atoms with Crippen molar-refractivity contribution in [2.75, 3.05) is 38.8 Å². The molecule has 0 aromatic heterocycles. The zero-order chi connectivity index (χ0) is 22.3. The number of nitrogens with one attached hydrogen (secondary N) is 2. The lowest BCUT2D eigenvalue weighted by molar-refractivity contribution is -0.152. The van der Waals surface area contributed by atoms with Crippen LogP contribution in [0.2, 0.25) is 0 Å². The summed E-state index contributed by atoms with van der Waals surface area (Å²) < 4.78 is 15.4. The van der Waals surface area contributed by atoms with Crippen molar-refractivity contribution in [2.45, 2.75) is 20.3 Å². The number of nitrogens with zero attached hydrogens (tertiary/aromatic N) is 1. The fourth-order valence-electron chi connectivity index (χ4n) is 2.86. The Morgan fingerprint density at radius 3 is 2.57 bits per heavy atom. The lowest BCUT2D eigenvalue weighted by atomic mass is 10.1. The van der Waals surface area contributed by atoms with Gasteiger partial charge in [-0.05, 0) is 18.1 Å². The van der Waals surface area contributed by atoms with E-state index in [9.17, 15) is 19.2 Å². The Bertz CT molecular complexity index is 810. The molecule has 0 spiro atoms. The minimum atomic E-state index is -0.748. The van der Waals surface area contributed by atoms with Crippen LogP contribution in [-0.4, -0.2) is 57.7 Å². The van der Waals surface area contributed by atoms with Gasteiger partial charge in [0, 0.05) is 25.6 Å². The van der Waals surface area contributed by atoms with Crippen LogP contribution < -0.4 is 25.0 Å². The fourth-order valence-corrected chi connectivity index (χ4v) is 2.86. The minimum absolute atomic E-state index is 0.0511. The van der Waals surface area contributed by atoms with Crippen molar-refractivity contribution < 1.29 is 33.4 Å². The molecule has 1 fully saturated rings. The van der Waals surface area contributed by atoms with Gasteiger partial charge in [0.05, 0.1) is 25.8 Å². The highest BCUT2D eigenvalue weighted by Gasteiger charge is 2.37. The molecule has 10 heteroatoms. The maximum Gasteiger partial charge on any atom is 0.321 e. The molecular formula is C20H27N3O7. The Kier molecular flexibility index (Phi) is 8.02. The van der Waals surface area contributed by atoms with Gasteiger partial charge in [-0.2, -0.15) is 0 Å². The van der Waals surface area contributed by atoms with E-state index < -0.39 is 30.4 Å². The number of rotatable bonds is 8. The SMILES string of the molecule is COc1ccc(N2C[C@@H](C(=O)OCC(=O)NC(=O)NCC(C)C)CC2=O)c(OC)c1. The molecule has 30 heavy (non-hydrogen) atoms. The van der Waals surface area contributed by atoms with Gasteiger partial charge in [0.15, 0.2) is 6.61 Å². The van der Waals surface area contributed by atoms with Crippen molar-refractivity contribution in [3.05, 3.63) is 18.2 Å². The number of anilines is 1. The summed E-state index contributed by atoms with van der Waals surface area (Å²) in [5, 5.41) is 4.60. The van der Waals surface area contributed by atoms with E-state index in [2.05, 4.69) is 10.6 Å². The second-order valence-electron chi connectivity index (χ2n) is 7.20. The van der Waals surface area contributed by atoms with E-state index in [0.29, 0.717) is 23.7 Å². The Hall–Kier alpha value is -3.30. The molecule has 1 aliphatic rings. The van der Waals surface area contributed by atoms with Gasteiger partial charge in [0.1, 0.15) is 11.5 Å². The van der Waals surface area contributed by atoms with Crippen molar-refractivity contribution in [1.82, 2.24) is 10.6 Å². The first-order valence-corrected chi connectivity index (χ1v) is 9.51. The van der Waals surface area contributed by atoms with Crippen LogP contribution in [0.1, 0.15) is 20.3 Å². The highest BCUT2D eigenvalue weighted by Crippen LogP contribution is 2.35. The quantitative estimate of drug-likeness (QED) is 0.602. The zero-order valence-electron chi connectivity index (χ0n) is 17.5. The van der Waals surface area contributed by atoms with Gasteiger partial charge in [-0.3, -0.25) is 19.7 Å². The molecule has 0 aliphatic carbocycles. The van der Waals surface area contributed by atoms with Gasteiger partial charge in [-0.25, -0.2) is 4.79 Å². The molecule has 0 saturated carbocycles. The van der Waals surface area contributed by atoms with Crippen LogP contribution in [0.4, 0.5) is 10.5 Å². The predicted molar refractivity (Wildman–Crippen MR) is 107 cm³/mol. The first kappa shape index (κ1) is 23.0. The zero-order valence-corrected chi connectivity index (χ0v) is 17.5. The summed E-state index contributed by atoms with van der Waals surface area (Å²) in [6.07, 6.45) is -0.0511. The molecule has 10 nitrogen and oxygen atoms in total. The highest BCUT2D eigenvalue weighted by molar-refractivity contribution is 6.01. The van der Waals surface area contributed by atoms with Gasteiger partial charge in [0.25, 0.3) is 5.91 Å². The van der Waals surface area contributed by atoms with E-state index in [1.807, 2.05) is 13.8 Å². The number of carbonyl (C=O) groups is 4. The summed E-state index contributed by atoms with van der Waals surface area (Å²) >= 11 is 0. The Morgan fingerprint density at radius 1 is 1.20 bits per heavy atom. The summed E-state index contributed by atoms with van der Waals surface area (Å²) in [5.74, 6) is -1.19. The van der Waals surface area contributed by atoms with Gasteiger partial charge in [-0.15, -0.1) is 0 Å². The monoisotopic (exact) mass is 421 g/mol. The smallest absolute Gasteiger partial charge is 0.321 e. The number of methoxy groups -OCH3 is 2.